The topological polar surface area (TPSA) is 77.4 Å². The first-order chi connectivity index (χ1) is 9.70. The normalized spacial score (nSPS) is 37.5. The summed E-state index contributed by atoms with van der Waals surface area (Å²) in [6.07, 6.45) is -3.28. The van der Waals surface area contributed by atoms with Crippen molar-refractivity contribution < 1.29 is 29.0 Å². The number of benzene rings is 1. The van der Waals surface area contributed by atoms with Crippen LogP contribution in [0.25, 0.3) is 0 Å². The molecule has 7 heteroatoms. The molecule has 0 spiro atoms. The van der Waals surface area contributed by atoms with Gasteiger partial charge in [-0.25, -0.2) is 0 Å². The molecule has 0 aromatic heterocycles. The fourth-order valence-corrected chi connectivity index (χ4v) is 2.59. The third kappa shape index (κ3) is 2.48. The summed E-state index contributed by atoms with van der Waals surface area (Å²) in [5.41, 5.74) is 0.789. The molecule has 0 saturated carbocycles. The van der Waals surface area contributed by atoms with E-state index in [9.17, 15) is 10.2 Å². The minimum absolute atomic E-state index is 0.215. The number of hydrogen-bond acceptors (Lipinski definition) is 6. The Bertz CT molecular complexity index is 444. The van der Waals surface area contributed by atoms with Crippen molar-refractivity contribution in [2.75, 3.05) is 13.7 Å². The Labute approximate surface area is 117 Å². The minimum Gasteiger partial charge on any atom is -0.390 e. The molecular weight excluding hydrogens is 263 g/mol. The van der Waals surface area contributed by atoms with Gasteiger partial charge in [-0.1, -0.05) is 30.3 Å². The zero-order valence-corrected chi connectivity index (χ0v) is 11.1. The van der Waals surface area contributed by atoms with Crippen molar-refractivity contribution in [2.24, 2.45) is 5.92 Å². The average molecular weight is 280 g/mol. The molecule has 5 unspecified atom stereocenters. The fourth-order valence-electron chi connectivity index (χ4n) is 2.59. The van der Waals surface area contributed by atoms with Crippen LogP contribution in [0.1, 0.15) is 0 Å². The molecular formula is C13H17BO6. The van der Waals surface area contributed by atoms with E-state index in [-0.39, 0.29) is 6.61 Å². The molecule has 0 aliphatic carbocycles. The number of hydrogen-bond donors (Lipinski definition) is 2. The molecule has 2 saturated heterocycles. The highest BCUT2D eigenvalue weighted by molar-refractivity contribution is 6.61. The summed E-state index contributed by atoms with van der Waals surface area (Å²) >= 11 is 0. The van der Waals surface area contributed by atoms with Gasteiger partial charge in [0.05, 0.1) is 18.6 Å². The lowest BCUT2D eigenvalue weighted by Gasteiger charge is -2.45. The van der Waals surface area contributed by atoms with Crippen LogP contribution in [0.3, 0.4) is 0 Å². The Morgan fingerprint density at radius 1 is 1.20 bits per heavy atom. The van der Waals surface area contributed by atoms with Gasteiger partial charge in [-0.05, 0) is 5.46 Å². The number of methoxy groups -OCH3 is 1. The molecule has 2 heterocycles. The summed E-state index contributed by atoms with van der Waals surface area (Å²) < 4.78 is 21.8. The molecule has 0 radical (unpaired) electrons. The van der Waals surface area contributed by atoms with Gasteiger partial charge in [0.25, 0.3) is 0 Å². The first kappa shape index (κ1) is 14.0. The first-order valence-electron chi connectivity index (χ1n) is 6.57. The molecule has 2 fully saturated rings. The van der Waals surface area contributed by atoms with Crippen molar-refractivity contribution in [1.29, 1.82) is 0 Å². The Balaban J connectivity index is 1.76. The van der Waals surface area contributed by atoms with E-state index in [0.717, 1.165) is 5.46 Å². The maximum Gasteiger partial charge on any atom is 0.497 e. The van der Waals surface area contributed by atoms with Crippen molar-refractivity contribution in [1.82, 2.24) is 0 Å². The molecule has 1 aromatic rings. The average Bonchev–Trinajstić information content (AvgIpc) is 2.48. The molecule has 2 aliphatic rings. The predicted molar refractivity (Wildman–Crippen MR) is 70.0 cm³/mol. The Kier molecular flexibility index (Phi) is 4.07. The summed E-state index contributed by atoms with van der Waals surface area (Å²) in [5.74, 6) is -0.686. The van der Waals surface area contributed by atoms with Crippen LogP contribution in [-0.2, 0) is 18.8 Å². The van der Waals surface area contributed by atoms with Crippen molar-refractivity contribution >= 4 is 12.6 Å². The Morgan fingerprint density at radius 3 is 2.65 bits per heavy atom. The van der Waals surface area contributed by atoms with Crippen LogP contribution >= 0.6 is 0 Å². The highest BCUT2D eigenvalue weighted by atomic mass is 16.7. The second-order valence-electron chi connectivity index (χ2n) is 4.95. The van der Waals surface area contributed by atoms with E-state index in [0.29, 0.717) is 0 Å². The molecule has 5 atom stereocenters. The Hall–Kier alpha value is -0.955. The first-order valence-corrected chi connectivity index (χ1v) is 6.57. The smallest absolute Gasteiger partial charge is 0.390 e. The van der Waals surface area contributed by atoms with Gasteiger partial charge in [0.1, 0.15) is 6.10 Å². The maximum absolute atomic E-state index is 10.2. The van der Waals surface area contributed by atoms with E-state index in [1.54, 1.807) is 0 Å². The molecule has 2 aliphatic heterocycles. The van der Waals surface area contributed by atoms with Gasteiger partial charge in [-0.3, -0.25) is 0 Å². The molecule has 3 rings (SSSR count). The van der Waals surface area contributed by atoms with E-state index >= 15 is 0 Å². The zero-order chi connectivity index (χ0) is 14.1. The van der Waals surface area contributed by atoms with Gasteiger partial charge < -0.3 is 29.0 Å². The quantitative estimate of drug-likeness (QED) is 0.683. The number of ether oxygens (including phenoxy) is 2. The largest absolute Gasteiger partial charge is 0.497 e. The summed E-state index contributed by atoms with van der Waals surface area (Å²) in [5, 5.41) is 20.3. The highest BCUT2D eigenvalue weighted by Gasteiger charge is 2.51. The van der Waals surface area contributed by atoms with Crippen LogP contribution in [0.15, 0.2) is 30.3 Å². The van der Waals surface area contributed by atoms with Gasteiger partial charge in [0.2, 0.25) is 0 Å². The molecule has 20 heavy (non-hydrogen) atoms. The van der Waals surface area contributed by atoms with E-state index in [2.05, 4.69) is 0 Å². The maximum atomic E-state index is 10.2. The lowest BCUT2D eigenvalue weighted by atomic mass is 9.76. The Morgan fingerprint density at radius 2 is 1.95 bits per heavy atom. The SMILES string of the molecule is COC1COC2OB(c3ccccc3)OC(O)C2C1O. The summed E-state index contributed by atoms with van der Waals surface area (Å²) in [4.78, 5) is 0. The summed E-state index contributed by atoms with van der Waals surface area (Å²) in [6, 6.07) is 9.29. The van der Waals surface area contributed by atoms with Gasteiger partial charge >= 0.3 is 7.12 Å². The molecule has 0 amide bonds. The van der Waals surface area contributed by atoms with Crippen molar-refractivity contribution in [3.63, 3.8) is 0 Å². The van der Waals surface area contributed by atoms with Gasteiger partial charge in [0, 0.05) is 7.11 Å². The molecule has 2 N–H and O–H groups in total. The predicted octanol–water partition coefficient (Wildman–Crippen LogP) is -0.905. The standard InChI is InChI=1S/C13H17BO6/c1-17-9-7-18-13-10(11(9)15)12(16)19-14(20-13)8-5-3-2-4-6-8/h2-6,9-13,15-16H,7H2,1H3. The summed E-state index contributed by atoms with van der Waals surface area (Å²) in [6.45, 7) is 0.215. The van der Waals surface area contributed by atoms with Crippen molar-refractivity contribution in [2.45, 2.75) is 24.8 Å². The monoisotopic (exact) mass is 280 g/mol. The minimum atomic E-state index is -1.17. The van der Waals surface area contributed by atoms with Crippen LogP contribution in [0.2, 0.25) is 0 Å². The molecule has 0 bridgehead atoms. The van der Waals surface area contributed by atoms with Crippen LogP contribution < -0.4 is 5.46 Å². The third-order valence-electron chi connectivity index (χ3n) is 3.74. The second kappa shape index (κ2) is 5.81. The van der Waals surface area contributed by atoms with Crippen LogP contribution in [0.5, 0.6) is 0 Å². The van der Waals surface area contributed by atoms with Crippen LogP contribution in [0.4, 0.5) is 0 Å². The number of fused-ring (bicyclic) bond motifs is 1. The third-order valence-corrected chi connectivity index (χ3v) is 3.74. The molecule has 1 aromatic carbocycles. The van der Waals surface area contributed by atoms with Crippen LogP contribution in [-0.4, -0.2) is 55.8 Å². The molecule has 108 valence electrons. The summed E-state index contributed by atoms with van der Waals surface area (Å²) in [7, 11) is 0.778. The van der Waals surface area contributed by atoms with E-state index in [1.165, 1.54) is 7.11 Å². The number of rotatable bonds is 2. The second-order valence-corrected chi connectivity index (χ2v) is 4.95. The lowest BCUT2D eigenvalue weighted by molar-refractivity contribution is -0.295. The van der Waals surface area contributed by atoms with Crippen molar-refractivity contribution in [3.8, 4) is 0 Å². The number of aliphatic hydroxyl groups is 2. The van der Waals surface area contributed by atoms with E-state index in [1.807, 2.05) is 30.3 Å². The van der Waals surface area contributed by atoms with Gasteiger partial charge in [-0.2, -0.15) is 0 Å². The van der Waals surface area contributed by atoms with E-state index < -0.39 is 37.8 Å². The lowest BCUT2D eigenvalue weighted by Crippen LogP contribution is -2.62. The van der Waals surface area contributed by atoms with Gasteiger partial charge in [0.15, 0.2) is 12.6 Å². The van der Waals surface area contributed by atoms with Crippen LogP contribution in [0, 0.1) is 5.92 Å². The zero-order valence-electron chi connectivity index (χ0n) is 11.1. The van der Waals surface area contributed by atoms with Crippen molar-refractivity contribution in [3.05, 3.63) is 30.3 Å². The highest BCUT2D eigenvalue weighted by Crippen LogP contribution is 2.31. The number of aliphatic hydroxyl groups excluding tert-OH is 2. The van der Waals surface area contributed by atoms with Gasteiger partial charge in [-0.15, -0.1) is 0 Å². The fraction of sp³-hybridized carbons (Fsp3) is 0.538. The molecule has 6 nitrogen and oxygen atoms in total. The van der Waals surface area contributed by atoms with E-state index in [4.69, 9.17) is 18.8 Å².